The molecule has 0 fully saturated rings. The van der Waals surface area contributed by atoms with Gasteiger partial charge in [-0.3, -0.25) is 24.4 Å². The first-order valence-corrected chi connectivity index (χ1v) is 8.42. The number of ether oxygens (including phenoxy) is 1. The first-order chi connectivity index (χ1) is 13.9. The van der Waals surface area contributed by atoms with Gasteiger partial charge in [0, 0.05) is 42.3 Å². The van der Waals surface area contributed by atoms with Crippen molar-refractivity contribution < 1.29 is 19.2 Å². The quantitative estimate of drug-likeness (QED) is 0.488. The fourth-order valence-electron chi connectivity index (χ4n) is 2.58. The first-order valence-electron chi connectivity index (χ1n) is 8.42. The largest absolute Gasteiger partial charge is 0.479 e. The number of carbonyl (C=O) groups excluding carboxylic acids is 2. The normalized spacial score (nSPS) is 10.3. The Bertz CT molecular complexity index is 1070. The van der Waals surface area contributed by atoms with Crippen LogP contribution in [0.2, 0.25) is 0 Å². The fraction of sp³-hybridized carbons (Fsp3) is 0.105. The smallest absolute Gasteiger partial charge is 0.271 e. The molecule has 0 atom stereocenters. The van der Waals surface area contributed by atoms with Crippen LogP contribution < -0.4 is 15.4 Å². The first kappa shape index (κ1) is 19.5. The monoisotopic (exact) mass is 395 g/mol. The number of aryl methyl sites for hydroxylation is 1. The molecule has 10 nitrogen and oxygen atoms in total. The summed E-state index contributed by atoms with van der Waals surface area (Å²) < 4.78 is 6.53. The predicted molar refractivity (Wildman–Crippen MR) is 105 cm³/mol. The molecule has 0 saturated heterocycles. The van der Waals surface area contributed by atoms with Gasteiger partial charge in [0.25, 0.3) is 17.5 Å². The van der Waals surface area contributed by atoms with Crippen LogP contribution in [0.5, 0.6) is 5.88 Å². The van der Waals surface area contributed by atoms with E-state index in [2.05, 4.69) is 15.7 Å². The number of nitrogens with one attached hydrogen (secondary N) is 2. The van der Waals surface area contributed by atoms with Crippen LogP contribution >= 0.6 is 0 Å². The number of carbonyl (C=O) groups is 2. The van der Waals surface area contributed by atoms with Crippen molar-refractivity contribution in [3.05, 3.63) is 76.0 Å². The summed E-state index contributed by atoms with van der Waals surface area (Å²) in [7, 11) is 3.10. The molecule has 0 radical (unpaired) electrons. The van der Waals surface area contributed by atoms with Crippen LogP contribution in [0.15, 0.2) is 54.7 Å². The molecular formula is C19H17N5O5. The van der Waals surface area contributed by atoms with Gasteiger partial charge in [0.1, 0.15) is 5.56 Å². The van der Waals surface area contributed by atoms with Crippen molar-refractivity contribution in [2.45, 2.75) is 0 Å². The molecule has 0 aliphatic carbocycles. The molecule has 3 rings (SSSR count). The summed E-state index contributed by atoms with van der Waals surface area (Å²) in [6, 6.07) is 11.9. The summed E-state index contributed by atoms with van der Waals surface area (Å²) in [5.41, 5.74) is 1.28. The third kappa shape index (κ3) is 4.56. The molecule has 1 aromatic heterocycles. The molecule has 2 aromatic carbocycles. The predicted octanol–water partition coefficient (Wildman–Crippen LogP) is 2.84. The van der Waals surface area contributed by atoms with Crippen LogP contribution in [0.3, 0.4) is 0 Å². The zero-order chi connectivity index (χ0) is 21.0. The standard InChI is InChI=1S/C19H17N5O5/c1-23-11-16(19(22-23)29-2)18(26)20-13-8-6-12(7-9-13)17(25)21-14-4-3-5-15(10-14)24(27)28/h3-11H,1-2H3,(H,20,26)(H,21,25). The molecule has 3 aromatic rings. The number of nitro benzene ring substituents is 1. The number of anilines is 2. The minimum Gasteiger partial charge on any atom is -0.479 e. The Kier molecular flexibility index (Phi) is 5.54. The Labute approximate surface area is 165 Å². The van der Waals surface area contributed by atoms with E-state index in [-0.39, 0.29) is 17.1 Å². The van der Waals surface area contributed by atoms with Crippen molar-refractivity contribution in [1.29, 1.82) is 0 Å². The minimum absolute atomic E-state index is 0.119. The maximum Gasteiger partial charge on any atom is 0.271 e. The average Bonchev–Trinajstić information content (AvgIpc) is 3.09. The number of nitro groups is 1. The van der Waals surface area contributed by atoms with E-state index in [0.29, 0.717) is 16.9 Å². The van der Waals surface area contributed by atoms with Crippen molar-refractivity contribution in [3.63, 3.8) is 0 Å². The van der Waals surface area contributed by atoms with Gasteiger partial charge < -0.3 is 15.4 Å². The molecule has 2 amide bonds. The summed E-state index contributed by atoms with van der Waals surface area (Å²) in [4.78, 5) is 35.0. The van der Waals surface area contributed by atoms with E-state index >= 15 is 0 Å². The molecule has 0 saturated carbocycles. The van der Waals surface area contributed by atoms with Crippen molar-refractivity contribution >= 4 is 28.9 Å². The molecule has 0 unspecified atom stereocenters. The zero-order valence-corrected chi connectivity index (χ0v) is 15.6. The van der Waals surface area contributed by atoms with E-state index in [1.807, 2.05) is 0 Å². The third-order valence-electron chi connectivity index (χ3n) is 3.95. The van der Waals surface area contributed by atoms with Crippen molar-refractivity contribution in [2.24, 2.45) is 7.05 Å². The van der Waals surface area contributed by atoms with Gasteiger partial charge in [-0.1, -0.05) is 6.07 Å². The number of benzene rings is 2. The number of aromatic nitrogens is 2. The van der Waals surface area contributed by atoms with Gasteiger partial charge in [-0.05, 0) is 30.3 Å². The second-order valence-corrected chi connectivity index (χ2v) is 6.02. The topological polar surface area (TPSA) is 128 Å². The minimum atomic E-state index is -0.537. The molecule has 0 aliphatic rings. The second-order valence-electron chi connectivity index (χ2n) is 6.02. The number of hydrogen-bond acceptors (Lipinski definition) is 6. The van der Waals surface area contributed by atoms with E-state index in [1.54, 1.807) is 25.2 Å². The van der Waals surface area contributed by atoms with E-state index in [0.717, 1.165) is 0 Å². The number of nitrogens with zero attached hydrogens (tertiary/aromatic N) is 3. The van der Waals surface area contributed by atoms with Gasteiger partial charge in [0.05, 0.1) is 12.0 Å². The lowest BCUT2D eigenvalue weighted by atomic mass is 10.1. The molecule has 2 N–H and O–H groups in total. The van der Waals surface area contributed by atoms with Gasteiger partial charge in [-0.25, -0.2) is 0 Å². The maximum absolute atomic E-state index is 12.4. The Hall–Kier alpha value is -4.21. The molecule has 1 heterocycles. The Morgan fingerprint density at radius 3 is 2.41 bits per heavy atom. The van der Waals surface area contributed by atoms with Crippen molar-refractivity contribution in [1.82, 2.24) is 9.78 Å². The van der Waals surface area contributed by atoms with E-state index in [1.165, 1.54) is 48.3 Å². The number of non-ortho nitro benzene ring substituents is 1. The molecule has 29 heavy (non-hydrogen) atoms. The lowest BCUT2D eigenvalue weighted by Crippen LogP contribution is -2.14. The van der Waals surface area contributed by atoms with Gasteiger partial charge in [-0.2, -0.15) is 0 Å². The van der Waals surface area contributed by atoms with Crippen LogP contribution in [0.25, 0.3) is 0 Å². The highest BCUT2D eigenvalue weighted by Gasteiger charge is 2.17. The maximum atomic E-state index is 12.4. The summed E-state index contributed by atoms with van der Waals surface area (Å²) in [5, 5.41) is 20.2. The molecule has 10 heteroatoms. The summed E-state index contributed by atoms with van der Waals surface area (Å²) in [5.74, 6) is -0.626. The zero-order valence-electron chi connectivity index (χ0n) is 15.6. The van der Waals surface area contributed by atoms with Gasteiger partial charge in [0.2, 0.25) is 5.88 Å². The van der Waals surface area contributed by atoms with Crippen LogP contribution in [0.4, 0.5) is 17.1 Å². The van der Waals surface area contributed by atoms with Gasteiger partial charge >= 0.3 is 0 Å². The molecular weight excluding hydrogens is 378 g/mol. The van der Waals surface area contributed by atoms with Crippen LogP contribution in [0.1, 0.15) is 20.7 Å². The average molecular weight is 395 g/mol. The fourth-order valence-corrected chi connectivity index (χ4v) is 2.58. The number of hydrogen-bond donors (Lipinski definition) is 2. The highest BCUT2D eigenvalue weighted by atomic mass is 16.6. The summed E-state index contributed by atoms with van der Waals surface area (Å²) in [6.45, 7) is 0. The number of amides is 2. The highest BCUT2D eigenvalue weighted by molar-refractivity contribution is 6.07. The summed E-state index contributed by atoms with van der Waals surface area (Å²) in [6.07, 6.45) is 1.54. The molecule has 0 spiro atoms. The molecule has 0 bridgehead atoms. The number of rotatable bonds is 6. The third-order valence-corrected chi connectivity index (χ3v) is 3.95. The van der Waals surface area contributed by atoms with Crippen LogP contribution in [-0.4, -0.2) is 33.6 Å². The Morgan fingerprint density at radius 1 is 1.07 bits per heavy atom. The van der Waals surface area contributed by atoms with E-state index in [9.17, 15) is 19.7 Å². The van der Waals surface area contributed by atoms with Crippen LogP contribution in [0, 0.1) is 10.1 Å². The number of methoxy groups -OCH3 is 1. The van der Waals surface area contributed by atoms with Gasteiger partial charge in [0.15, 0.2) is 0 Å². The lowest BCUT2D eigenvalue weighted by molar-refractivity contribution is -0.384. The van der Waals surface area contributed by atoms with Crippen molar-refractivity contribution in [3.8, 4) is 5.88 Å². The second kappa shape index (κ2) is 8.21. The lowest BCUT2D eigenvalue weighted by Gasteiger charge is -2.07. The van der Waals surface area contributed by atoms with Gasteiger partial charge in [-0.15, -0.1) is 5.10 Å². The summed E-state index contributed by atoms with van der Waals surface area (Å²) >= 11 is 0. The molecule has 0 aliphatic heterocycles. The highest BCUT2D eigenvalue weighted by Crippen LogP contribution is 2.20. The van der Waals surface area contributed by atoms with E-state index < -0.39 is 16.7 Å². The Morgan fingerprint density at radius 2 is 1.76 bits per heavy atom. The Balaban J connectivity index is 1.68. The molecule has 148 valence electrons. The SMILES string of the molecule is COc1nn(C)cc1C(=O)Nc1ccc(C(=O)Nc2cccc([N+](=O)[O-])c2)cc1. The van der Waals surface area contributed by atoms with Crippen molar-refractivity contribution in [2.75, 3.05) is 17.7 Å². The van der Waals surface area contributed by atoms with E-state index in [4.69, 9.17) is 4.74 Å². The van der Waals surface area contributed by atoms with Crippen LogP contribution in [-0.2, 0) is 7.05 Å².